The van der Waals surface area contributed by atoms with Gasteiger partial charge in [0.25, 0.3) is 0 Å². The molecule has 4 heteroatoms. The van der Waals surface area contributed by atoms with Gasteiger partial charge in [-0.3, -0.25) is 4.79 Å². The first kappa shape index (κ1) is 18.7. The number of carboxylic acid groups (broad SMARTS) is 1. The molecular formula is C22H29NO3. The Bertz CT molecular complexity index is 676. The third-order valence-corrected chi connectivity index (χ3v) is 5.89. The van der Waals surface area contributed by atoms with Gasteiger partial charge in [0.15, 0.2) is 0 Å². The van der Waals surface area contributed by atoms with Gasteiger partial charge in [0.2, 0.25) is 5.91 Å². The van der Waals surface area contributed by atoms with Gasteiger partial charge in [-0.2, -0.15) is 0 Å². The molecule has 2 aliphatic rings. The summed E-state index contributed by atoms with van der Waals surface area (Å²) in [5.41, 5.74) is 2.21. The first-order chi connectivity index (χ1) is 12.4. The van der Waals surface area contributed by atoms with Crippen LogP contribution in [0.15, 0.2) is 29.8 Å². The van der Waals surface area contributed by atoms with Crippen molar-refractivity contribution in [3.63, 3.8) is 0 Å². The van der Waals surface area contributed by atoms with Crippen LogP contribution in [0.2, 0.25) is 0 Å². The third-order valence-electron chi connectivity index (χ3n) is 5.89. The Balaban J connectivity index is 1.68. The highest BCUT2D eigenvalue weighted by molar-refractivity contribution is 5.98. The molecule has 2 unspecified atom stereocenters. The Hall–Kier alpha value is -2.10. The van der Waals surface area contributed by atoms with Crippen molar-refractivity contribution in [2.45, 2.75) is 51.9 Å². The molecular weight excluding hydrogens is 326 g/mol. The van der Waals surface area contributed by atoms with E-state index in [1.807, 2.05) is 29.2 Å². The quantitative estimate of drug-likeness (QED) is 0.801. The van der Waals surface area contributed by atoms with Crippen molar-refractivity contribution in [3.05, 3.63) is 41.0 Å². The number of benzene rings is 1. The molecule has 2 fully saturated rings. The van der Waals surface area contributed by atoms with Crippen molar-refractivity contribution in [1.29, 1.82) is 0 Å². The number of fused-ring (bicyclic) bond motifs is 1. The molecule has 2 atom stereocenters. The first-order valence-electron chi connectivity index (χ1n) is 9.75. The van der Waals surface area contributed by atoms with E-state index in [0.717, 1.165) is 18.7 Å². The summed E-state index contributed by atoms with van der Waals surface area (Å²) in [5.74, 6) is 0.615. The predicted octanol–water partition coefficient (Wildman–Crippen LogP) is 4.32. The van der Waals surface area contributed by atoms with Gasteiger partial charge in [-0.1, -0.05) is 51.0 Å². The molecule has 1 N–H and O–H groups in total. The van der Waals surface area contributed by atoms with Gasteiger partial charge in [0, 0.05) is 18.7 Å². The van der Waals surface area contributed by atoms with Crippen LogP contribution in [0.4, 0.5) is 0 Å². The standard InChI is InChI=1S/C22H29NO3/c1-15(2)17-9-7-16(8-10-17)11-20(22(25)26)12-21(24)23-13-18-5-3-4-6-19(18)14-23/h7-11,15,18-19H,3-6,12-14H2,1-2H3,(H,25,26)/b20-11-. The molecule has 26 heavy (non-hydrogen) atoms. The fourth-order valence-corrected chi connectivity index (χ4v) is 4.25. The van der Waals surface area contributed by atoms with E-state index >= 15 is 0 Å². The number of rotatable bonds is 5. The maximum atomic E-state index is 12.7. The minimum atomic E-state index is -1.01. The van der Waals surface area contributed by atoms with Crippen LogP contribution in [0.1, 0.15) is 63.0 Å². The lowest BCUT2D eigenvalue weighted by Gasteiger charge is -2.22. The van der Waals surface area contributed by atoms with Crippen molar-refractivity contribution >= 4 is 18.0 Å². The van der Waals surface area contributed by atoms with Crippen LogP contribution in [0.3, 0.4) is 0 Å². The third kappa shape index (κ3) is 4.35. The lowest BCUT2D eigenvalue weighted by molar-refractivity contribution is -0.136. The Morgan fingerprint density at radius 3 is 2.19 bits per heavy atom. The lowest BCUT2D eigenvalue weighted by Crippen LogP contribution is -2.29. The molecule has 1 saturated carbocycles. The molecule has 4 nitrogen and oxygen atoms in total. The van der Waals surface area contributed by atoms with Gasteiger partial charge in [-0.05, 0) is 47.8 Å². The van der Waals surface area contributed by atoms with E-state index in [0.29, 0.717) is 17.8 Å². The molecule has 1 aromatic rings. The van der Waals surface area contributed by atoms with Crippen LogP contribution in [-0.4, -0.2) is 35.0 Å². The number of carboxylic acids is 1. The van der Waals surface area contributed by atoms with E-state index in [1.54, 1.807) is 6.08 Å². The monoisotopic (exact) mass is 355 g/mol. The van der Waals surface area contributed by atoms with E-state index in [2.05, 4.69) is 13.8 Å². The highest BCUT2D eigenvalue weighted by Crippen LogP contribution is 2.36. The second-order valence-electron chi connectivity index (χ2n) is 8.08. The lowest BCUT2D eigenvalue weighted by atomic mass is 9.82. The number of aliphatic carboxylic acids is 1. The van der Waals surface area contributed by atoms with Gasteiger partial charge in [-0.15, -0.1) is 0 Å². The zero-order chi connectivity index (χ0) is 18.7. The van der Waals surface area contributed by atoms with Gasteiger partial charge in [-0.25, -0.2) is 4.79 Å². The van der Waals surface area contributed by atoms with E-state index in [9.17, 15) is 14.7 Å². The normalized spacial score (nSPS) is 23.2. The average Bonchev–Trinajstić information content (AvgIpc) is 3.05. The molecule has 140 valence electrons. The van der Waals surface area contributed by atoms with E-state index in [-0.39, 0.29) is 17.9 Å². The van der Waals surface area contributed by atoms with E-state index in [4.69, 9.17) is 0 Å². The predicted molar refractivity (Wildman–Crippen MR) is 103 cm³/mol. The van der Waals surface area contributed by atoms with Crippen LogP contribution in [-0.2, 0) is 9.59 Å². The Morgan fingerprint density at radius 2 is 1.69 bits per heavy atom. The summed E-state index contributed by atoms with van der Waals surface area (Å²) in [7, 11) is 0. The maximum absolute atomic E-state index is 12.7. The Kier molecular flexibility index (Phi) is 5.80. The van der Waals surface area contributed by atoms with Gasteiger partial charge in [0.1, 0.15) is 0 Å². The average molecular weight is 355 g/mol. The van der Waals surface area contributed by atoms with Crippen molar-refractivity contribution < 1.29 is 14.7 Å². The summed E-state index contributed by atoms with van der Waals surface area (Å²) in [6.07, 6.45) is 6.54. The molecule has 0 spiro atoms. The molecule has 0 radical (unpaired) electrons. The highest BCUT2D eigenvalue weighted by atomic mass is 16.4. The summed E-state index contributed by atoms with van der Waals surface area (Å²) < 4.78 is 0. The zero-order valence-corrected chi connectivity index (χ0v) is 15.8. The fraction of sp³-hybridized carbons (Fsp3) is 0.545. The van der Waals surface area contributed by atoms with Crippen molar-refractivity contribution in [2.24, 2.45) is 11.8 Å². The number of carbonyl (C=O) groups is 2. The molecule has 1 amide bonds. The van der Waals surface area contributed by atoms with Crippen LogP contribution < -0.4 is 0 Å². The Morgan fingerprint density at radius 1 is 1.12 bits per heavy atom. The second-order valence-corrected chi connectivity index (χ2v) is 8.08. The van der Waals surface area contributed by atoms with Crippen LogP contribution >= 0.6 is 0 Å². The molecule has 1 aliphatic heterocycles. The smallest absolute Gasteiger partial charge is 0.332 e. The SMILES string of the molecule is CC(C)c1ccc(/C=C(/CC(=O)N2CC3CCCCC3C2)C(=O)O)cc1. The van der Waals surface area contributed by atoms with Gasteiger partial charge in [0.05, 0.1) is 6.42 Å². The number of hydrogen-bond acceptors (Lipinski definition) is 2. The molecule has 1 aliphatic carbocycles. The number of carbonyl (C=O) groups excluding carboxylic acids is 1. The van der Waals surface area contributed by atoms with Crippen molar-refractivity contribution in [2.75, 3.05) is 13.1 Å². The molecule has 1 saturated heterocycles. The van der Waals surface area contributed by atoms with Crippen molar-refractivity contribution in [3.8, 4) is 0 Å². The van der Waals surface area contributed by atoms with Crippen LogP contribution in [0, 0.1) is 11.8 Å². The molecule has 0 aromatic heterocycles. The summed E-state index contributed by atoms with van der Waals surface area (Å²) in [6, 6.07) is 7.88. The maximum Gasteiger partial charge on any atom is 0.332 e. The van der Waals surface area contributed by atoms with Crippen LogP contribution in [0.5, 0.6) is 0 Å². The highest BCUT2D eigenvalue weighted by Gasteiger charge is 2.36. The minimum absolute atomic E-state index is 0.0271. The molecule has 0 bridgehead atoms. The summed E-state index contributed by atoms with van der Waals surface area (Å²) in [4.78, 5) is 26.2. The van der Waals surface area contributed by atoms with Gasteiger partial charge >= 0.3 is 5.97 Å². The number of likely N-dealkylation sites (tertiary alicyclic amines) is 1. The van der Waals surface area contributed by atoms with Crippen molar-refractivity contribution in [1.82, 2.24) is 4.90 Å². The topological polar surface area (TPSA) is 57.6 Å². The number of hydrogen-bond donors (Lipinski definition) is 1. The zero-order valence-electron chi connectivity index (χ0n) is 15.8. The number of amides is 1. The second kappa shape index (κ2) is 8.07. The Labute approximate surface area is 155 Å². The summed E-state index contributed by atoms with van der Waals surface area (Å²) in [5, 5.41) is 9.54. The molecule has 1 heterocycles. The van der Waals surface area contributed by atoms with E-state index < -0.39 is 5.97 Å². The first-order valence-corrected chi connectivity index (χ1v) is 9.75. The van der Waals surface area contributed by atoms with E-state index in [1.165, 1.54) is 31.2 Å². The molecule has 1 aromatic carbocycles. The van der Waals surface area contributed by atoms with Crippen LogP contribution in [0.25, 0.3) is 6.08 Å². The minimum Gasteiger partial charge on any atom is -0.478 e. The molecule has 3 rings (SSSR count). The summed E-state index contributed by atoms with van der Waals surface area (Å²) in [6.45, 7) is 5.86. The fourth-order valence-electron chi connectivity index (χ4n) is 4.25. The summed E-state index contributed by atoms with van der Waals surface area (Å²) >= 11 is 0. The number of nitrogens with zero attached hydrogens (tertiary/aromatic N) is 1. The van der Waals surface area contributed by atoms with Gasteiger partial charge < -0.3 is 10.0 Å². The largest absolute Gasteiger partial charge is 0.478 e.